The number of oxazole rings is 1. The first-order chi connectivity index (χ1) is 17.9. The summed E-state index contributed by atoms with van der Waals surface area (Å²) in [6.45, 7) is 11.4. The quantitative estimate of drug-likeness (QED) is 0.171. The molecule has 3 aliphatic rings. The van der Waals surface area contributed by atoms with Crippen molar-refractivity contribution in [3.8, 4) is 0 Å². The molecule has 0 N–H and O–H groups in total. The fourth-order valence-corrected chi connectivity index (χ4v) is 6.06. The molecular formula is C29H40INO6. The highest BCUT2D eigenvalue weighted by Crippen LogP contribution is 2.35. The molecule has 4 rings (SSSR count). The number of carbonyl (C=O) groups is 1. The van der Waals surface area contributed by atoms with Crippen LogP contribution >= 0.6 is 22.6 Å². The van der Waals surface area contributed by atoms with Gasteiger partial charge >= 0.3 is 0 Å². The summed E-state index contributed by atoms with van der Waals surface area (Å²) in [6, 6.07) is 0. The summed E-state index contributed by atoms with van der Waals surface area (Å²) in [6.07, 6.45) is 11.7. The molecule has 1 aromatic rings. The summed E-state index contributed by atoms with van der Waals surface area (Å²) in [5.41, 5.74) is 3.06. The maximum absolute atomic E-state index is 10.9. The van der Waals surface area contributed by atoms with Crippen molar-refractivity contribution in [1.29, 1.82) is 0 Å². The summed E-state index contributed by atoms with van der Waals surface area (Å²) in [4.78, 5) is 15.5. The van der Waals surface area contributed by atoms with E-state index >= 15 is 0 Å². The molecule has 1 aromatic heterocycles. The van der Waals surface area contributed by atoms with Crippen molar-refractivity contribution in [2.75, 3.05) is 6.61 Å². The second-order valence-corrected chi connectivity index (χ2v) is 11.4. The number of aldehydes is 1. The lowest BCUT2D eigenvalue weighted by molar-refractivity contribution is -0.227. The van der Waals surface area contributed by atoms with Crippen LogP contribution in [-0.4, -0.2) is 48.4 Å². The number of nitrogens with zero attached hydrogens (tertiary/aromatic N) is 1. The van der Waals surface area contributed by atoms with Crippen LogP contribution in [0.15, 0.2) is 38.6 Å². The molecule has 0 unspecified atom stereocenters. The molecule has 3 aliphatic heterocycles. The standard InChI is InChI=1S/C29H40INO6/c1-18-12-22(8-10-32)35-24(13-18)15-23-9-11-33-29(36-23)25-17-34-27(31-25)7-5-6-26-19(2)14-20(3)28(37-26)21(4)16-30/h5,7,10,16-17,19-20,22-24,26,28-29H,1,6,8-9,11-15H2,2-4H3/b7-5+,21-16+/t19-,20-,22+,23+,24-,26-,28-,29+/m1/s1. The minimum atomic E-state index is -0.561. The van der Waals surface area contributed by atoms with Crippen molar-refractivity contribution >= 4 is 35.0 Å². The van der Waals surface area contributed by atoms with Gasteiger partial charge in [0.05, 0.1) is 37.1 Å². The Balaban J connectivity index is 1.29. The van der Waals surface area contributed by atoms with Crippen LogP contribution in [0, 0.1) is 11.8 Å². The SMILES string of the molecule is C=C1C[C@H](C[C@@H]2CCO[C@H](c3coc(/C=C/C[C@H]4O[C@@H](/C(C)=C/I)[C@H](C)C[C@H]4C)n3)O2)O[C@@H](CC=O)C1. The molecular weight excluding hydrogens is 585 g/mol. The normalized spacial score (nSPS) is 35.7. The third kappa shape index (κ3) is 7.85. The van der Waals surface area contributed by atoms with Crippen LogP contribution in [0.2, 0.25) is 0 Å². The Labute approximate surface area is 234 Å². The van der Waals surface area contributed by atoms with Crippen LogP contribution in [0.4, 0.5) is 0 Å². The van der Waals surface area contributed by atoms with Crippen molar-refractivity contribution in [3.63, 3.8) is 0 Å². The van der Waals surface area contributed by atoms with Crippen LogP contribution in [0.5, 0.6) is 0 Å². The van der Waals surface area contributed by atoms with Crippen LogP contribution < -0.4 is 0 Å². The van der Waals surface area contributed by atoms with Gasteiger partial charge in [-0.15, -0.1) is 0 Å². The number of carbonyl (C=O) groups excluding carboxylic acids is 1. The highest BCUT2D eigenvalue weighted by molar-refractivity contribution is 14.1. The van der Waals surface area contributed by atoms with E-state index in [2.05, 4.69) is 65.1 Å². The van der Waals surface area contributed by atoms with E-state index in [4.69, 9.17) is 23.4 Å². The molecule has 0 bridgehead atoms. The zero-order valence-electron chi connectivity index (χ0n) is 22.1. The minimum Gasteiger partial charge on any atom is -0.445 e. The zero-order valence-corrected chi connectivity index (χ0v) is 24.3. The fourth-order valence-electron chi connectivity index (χ4n) is 5.70. The Kier molecular flexibility index (Phi) is 10.6. The van der Waals surface area contributed by atoms with Crippen LogP contribution in [-0.2, 0) is 23.7 Å². The first kappa shape index (κ1) is 28.7. The minimum absolute atomic E-state index is 0.00823. The van der Waals surface area contributed by atoms with Gasteiger partial charge in [0, 0.05) is 12.8 Å². The molecule has 0 aromatic carbocycles. The highest BCUT2D eigenvalue weighted by Gasteiger charge is 2.34. The molecule has 37 heavy (non-hydrogen) atoms. The lowest BCUT2D eigenvalue weighted by atomic mass is 9.83. The van der Waals surface area contributed by atoms with E-state index in [1.54, 1.807) is 6.26 Å². The molecule has 8 atom stereocenters. The number of halogens is 1. The third-order valence-electron chi connectivity index (χ3n) is 7.57. The molecule has 0 amide bonds. The van der Waals surface area contributed by atoms with Crippen molar-refractivity contribution in [1.82, 2.24) is 4.98 Å². The van der Waals surface area contributed by atoms with Crippen molar-refractivity contribution in [3.05, 3.63) is 45.7 Å². The smallest absolute Gasteiger partial charge is 0.218 e. The van der Waals surface area contributed by atoms with E-state index in [9.17, 15) is 4.79 Å². The largest absolute Gasteiger partial charge is 0.445 e. The lowest BCUT2D eigenvalue weighted by Gasteiger charge is -2.39. The molecule has 204 valence electrons. The lowest BCUT2D eigenvalue weighted by Crippen LogP contribution is -2.39. The van der Waals surface area contributed by atoms with Gasteiger partial charge in [-0.05, 0) is 66.6 Å². The predicted octanol–water partition coefficient (Wildman–Crippen LogP) is 6.73. The first-order valence-corrected chi connectivity index (χ1v) is 14.7. The highest BCUT2D eigenvalue weighted by atomic mass is 127. The average Bonchev–Trinajstić information content (AvgIpc) is 3.34. The van der Waals surface area contributed by atoms with Crippen LogP contribution in [0.3, 0.4) is 0 Å². The van der Waals surface area contributed by atoms with Gasteiger partial charge < -0.3 is 28.2 Å². The second kappa shape index (κ2) is 13.6. The number of aromatic nitrogens is 1. The Bertz CT molecular complexity index is 973. The Morgan fingerprint density at radius 3 is 2.73 bits per heavy atom. The molecule has 0 spiro atoms. The van der Waals surface area contributed by atoms with Gasteiger partial charge in [0.1, 0.15) is 18.2 Å². The summed E-state index contributed by atoms with van der Waals surface area (Å²) < 4.78 is 32.4. The number of rotatable bonds is 9. The fraction of sp³-hybridized carbons (Fsp3) is 0.655. The van der Waals surface area contributed by atoms with Gasteiger partial charge in [0.2, 0.25) is 12.2 Å². The van der Waals surface area contributed by atoms with E-state index in [0.29, 0.717) is 36.4 Å². The summed E-state index contributed by atoms with van der Waals surface area (Å²) in [5.74, 6) is 1.55. The first-order valence-electron chi connectivity index (χ1n) is 13.4. The number of ether oxygens (including phenoxy) is 4. The van der Waals surface area contributed by atoms with Crippen molar-refractivity contribution < 1.29 is 28.2 Å². The van der Waals surface area contributed by atoms with E-state index in [-0.39, 0.29) is 30.5 Å². The maximum atomic E-state index is 10.9. The van der Waals surface area contributed by atoms with Gasteiger partial charge in [-0.25, -0.2) is 4.98 Å². The summed E-state index contributed by atoms with van der Waals surface area (Å²) in [7, 11) is 0. The Morgan fingerprint density at radius 1 is 1.14 bits per heavy atom. The van der Waals surface area contributed by atoms with E-state index in [0.717, 1.165) is 50.4 Å². The molecule has 8 heteroatoms. The van der Waals surface area contributed by atoms with E-state index < -0.39 is 6.29 Å². The topological polar surface area (TPSA) is 80.0 Å². The van der Waals surface area contributed by atoms with Gasteiger partial charge in [-0.2, -0.15) is 0 Å². The van der Waals surface area contributed by atoms with Crippen LogP contribution in [0.25, 0.3) is 6.08 Å². The monoisotopic (exact) mass is 625 g/mol. The maximum Gasteiger partial charge on any atom is 0.218 e. The molecule has 3 saturated heterocycles. The van der Waals surface area contributed by atoms with Gasteiger partial charge in [-0.3, -0.25) is 0 Å². The molecule has 0 radical (unpaired) electrons. The van der Waals surface area contributed by atoms with Crippen LogP contribution in [0.1, 0.15) is 83.6 Å². The molecule has 4 heterocycles. The van der Waals surface area contributed by atoms with E-state index in [1.807, 2.05) is 6.08 Å². The molecule has 0 aliphatic carbocycles. The van der Waals surface area contributed by atoms with Crippen molar-refractivity contribution in [2.24, 2.45) is 11.8 Å². The predicted molar refractivity (Wildman–Crippen MR) is 150 cm³/mol. The molecule has 3 fully saturated rings. The molecule has 0 saturated carbocycles. The van der Waals surface area contributed by atoms with Gasteiger partial charge in [0.25, 0.3) is 0 Å². The summed E-state index contributed by atoms with van der Waals surface area (Å²) in [5, 5.41) is 0. The van der Waals surface area contributed by atoms with Gasteiger partial charge in [-0.1, -0.05) is 54.7 Å². The van der Waals surface area contributed by atoms with Crippen molar-refractivity contribution in [2.45, 2.75) is 103 Å². The van der Waals surface area contributed by atoms with E-state index in [1.165, 1.54) is 5.57 Å². The number of hydrogen-bond acceptors (Lipinski definition) is 7. The Hall–Kier alpha value is -1.33. The molecule has 7 nitrogen and oxygen atoms in total. The summed E-state index contributed by atoms with van der Waals surface area (Å²) >= 11 is 2.30. The zero-order chi connectivity index (χ0) is 26.4. The second-order valence-electron chi connectivity index (χ2n) is 10.8. The number of hydrogen-bond donors (Lipinski definition) is 0. The average molecular weight is 626 g/mol. The third-order valence-corrected chi connectivity index (χ3v) is 8.56. The Morgan fingerprint density at radius 2 is 1.95 bits per heavy atom. The van der Waals surface area contributed by atoms with Gasteiger partial charge in [0.15, 0.2) is 0 Å².